The van der Waals surface area contributed by atoms with Crippen LogP contribution in [-0.4, -0.2) is 18.3 Å². The van der Waals surface area contributed by atoms with Crippen molar-refractivity contribution in [3.05, 3.63) is 60.2 Å². The summed E-state index contributed by atoms with van der Waals surface area (Å²) in [6, 6.07) is 17.5. The van der Waals surface area contributed by atoms with Crippen LogP contribution in [0.3, 0.4) is 0 Å². The molecule has 0 aromatic heterocycles. The second kappa shape index (κ2) is 6.25. The number of anilines is 1. The van der Waals surface area contributed by atoms with Gasteiger partial charge in [0.1, 0.15) is 5.75 Å². The summed E-state index contributed by atoms with van der Waals surface area (Å²) in [6.45, 7) is 1.79. The van der Waals surface area contributed by atoms with Crippen molar-refractivity contribution in [1.82, 2.24) is 0 Å². The third-order valence-corrected chi connectivity index (χ3v) is 3.05. The lowest BCUT2D eigenvalue weighted by molar-refractivity contribution is 0.172. The Morgan fingerprint density at radius 3 is 2.16 bits per heavy atom. The van der Waals surface area contributed by atoms with E-state index in [4.69, 9.17) is 4.74 Å². The maximum absolute atomic E-state index is 9.94. The number of hydrogen-bond acceptors (Lipinski definition) is 3. The Morgan fingerprint density at radius 1 is 1.00 bits per heavy atom. The first-order valence-electron chi connectivity index (χ1n) is 6.34. The molecule has 0 aliphatic rings. The molecular formula is C16H19NO2. The lowest BCUT2D eigenvalue weighted by Gasteiger charge is -2.23. The van der Waals surface area contributed by atoms with E-state index in [1.165, 1.54) is 0 Å². The molecule has 0 amide bonds. The molecule has 2 aromatic carbocycles. The molecule has 0 aliphatic heterocycles. The van der Waals surface area contributed by atoms with Crippen LogP contribution in [0.4, 0.5) is 5.69 Å². The molecule has 0 aliphatic carbocycles. The zero-order valence-corrected chi connectivity index (χ0v) is 11.2. The molecule has 0 radical (unpaired) electrons. The summed E-state index contributed by atoms with van der Waals surface area (Å²) >= 11 is 0. The number of aliphatic hydroxyl groups excluding tert-OH is 1. The monoisotopic (exact) mass is 257 g/mol. The Bertz CT molecular complexity index is 494. The van der Waals surface area contributed by atoms with Gasteiger partial charge in [0.25, 0.3) is 0 Å². The average Bonchev–Trinajstić information content (AvgIpc) is 2.46. The maximum atomic E-state index is 9.94. The van der Waals surface area contributed by atoms with Crippen LogP contribution in [-0.2, 0) is 0 Å². The van der Waals surface area contributed by atoms with Gasteiger partial charge in [0.05, 0.1) is 19.3 Å². The van der Waals surface area contributed by atoms with E-state index in [0.717, 1.165) is 17.0 Å². The Labute approximate surface area is 113 Å². The summed E-state index contributed by atoms with van der Waals surface area (Å²) in [5, 5.41) is 13.3. The smallest absolute Gasteiger partial charge is 0.119 e. The first kappa shape index (κ1) is 13.4. The van der Waals surface area contributed by atoms with Crippen molar-refractivity contribution in [1.29, 1.82) is 0 Å². The predicted octanol–water partition coefficient (Wildman–Crippen LogP) is 3.23. The molecular weight excluding hydrogens is 238 g/mol. The highest BCUT2D eigenvalue weighted by Gasteiger charge is 2.16. The second-order valence-electron chi connectivity index (χ2n) is 4.50. The summed E-state index contributed by atoms with van der Waals surface area (Å²) in [4.78, 5) is 0. The standard InChI is InChI=1S/C16H19NO2/c1-12(18)16(13-6-4-3-5-7-13)17-14-8-10-15(19-2)11-9-14/h3-12,16-18H,1-2H3. The van der Waals surface area contributed by atoms with Crippen LogP contribution in [0.2, 0.25) is 0 Å². The number of nitrogens with one attached hydrogen (secondary N) is 1. The van der Waals surface area contributed by atoms with Crippen LogP contribution in [0.15, 0.2) is 54.6 Å². The first-order valence-corrected chi connectivity index (χ1v) is 6.34. The van der Waals surface area contributed by atoms with Gasteiger partial charge < -0.3 is 15.2 Å². The van der Waals surface area contributed by atoms with Gasteiger partial charge in [-0.05, 0) is 36.8 Å². The Morgan fingerprint density at radius 2 is 1.63 bits per heavy atom. The molecule has 3 nitrogen and oxygen atoms in total. The van der Waals surface area contributed by atoms with Gasteiger partial charge in [0.15, 0.2) is 0 Å². The van der Waals surface area contributed by atoms with Crippen molar-refractivity contribution in [2.75, 3.05) is 12.4 Å². The SMILES string of the molecule is COc1ccc(NC(c2ccccc2)C(C)O)cc1. The summed E-state index contributed by atoms with van der Waals surface area (Å²) in [5.41, 5.74) is 2.02. The van der Waals surface area contributed by atoms with E-state index >= 15 is 0 Å². The topological polar surface area (TPSA) is 41.5 Å². The van der Waals surface area contributed by atoms with E-state index in [0.29, 0.717) is 0 Å². The van der Waals surface area contributed by atoms with Crippen LogP contribution in [0.5, 0.6) is 5.75 Å². The maximum Gasteiger partial charge on any atom is 0.119 e. The van der Waals surface area contributed by atoms with Crippen LogP contribution in [0.25, 0.3) is 0 Å². The average molecular weight is 257 g/mol. The molecule has 0 fully saturated rings. The van der Waals surface area contributed by atoms with E-state index in [2.05, 4.69) is 5.32 Å². The quantitative estimate of drug-likeness (QED) is 0.864. The Balaban J connectivity index is 2.17. The second-order valence-corrected chi connectivity index (χ2v) is 4.50. The van der Waals surface area contributed by atoms with Gasteiger partial charge in [-0.15, -0.1) is 0 Å². The van der Waals surface area contributed by atoms with E-state index in [1.807, 2.05) is 54.6 Å². The Kier molecular flexibility index (Phi) is 4.42. The normalized spacial score (nSPS) is 13.6. The van der Waals surface area contributed by atoms with Gasteiger partial charge in [-0.25, -0.2) is 0 Å². The number of aliphatic hydroxyl groups is 1. The summed E-state index contributed by atoms with van der Waals surface area (Å²) in [7, 11) is 1.64. The summed E-state index contributed by atoms with van der Waals surface area (Å²) in [5.74, 6) is 0.818. The van der Waals surface area contributed by atoms with Gasteiger partial charge in [-0.3, -0.25) is 0 Å². The van der Waals surface area contributed by atoms with Gasteiger partial charge in [-0.2, -0.15) is 0 Å². The lowest BCUT2D eigenvalue weighted by atomic mass is 10.0. The van der Waals surface area contributed by atoms with E-state index in [-0.39, 0.29) is 6.04 Å². The highest BCUT2D eigenvalue weighted by molar-refractivity contribution is 5.48. The molecule has 2 unspecified atom stereocenters. The number of rotatable bonds is 5. The molecule has 0 heterocycles. The number of ether oxygens (including phenoxy) is 1. The zero-order valence-electron chi connectivity index (χ0n) is 11.2. The minimum absolute atomic E-state index is 0.130. The minimum atomic E-state index is -0.482. The van der Waals surface area contributed by atoms with Crippen molar-refractivity contribution < 1.29 is 9.84 Å². The summed E-state index contributed by atoms with van der Waals surface area (Å²) < 4.78 is 5.13. The molecule has 2 N–H and O–H groups in total. The van der Waals surface area contributed by atoms with E-state index in [1.54, 1.807) is 14.0 Å². The Hall–Kier alpha value is -2.00. The molecule has 0 spiro atoms. The van der Waals surface area contributed by atoms with Crippen molar-refractivity contribution in [2.24, 2.45) is 0 Å². The fraction of sp³-hybridized carbons (Fsp3) is 0.250. The minimum Gasteiger partial charge on any atom is -0.497 e. The number of hydrogen-bond donors (Lipinski definition) is 2. The van der Waals surface area contributed by atoms with Crippen molar-refractivity contribution in [3.63, 3.8) is 0 Å². The van der Waals surface area contributed by atoms with Gasteiger partial charge in [0, 0.05) is 5.69 Å². The van der Waals surface area contributed by atoms with Gasteiger partial charge in [0.2, 0.25) is 0 Å². The first-order chi connectivity index (χ1) is 9.20. The van der Waals surface area contributed by atoms with Gasteiger partial charge >= 0.3 is 0 Å². The van der Waals surface area contributed by atoms with E-state index in [9.17, 15) is 5.11 Å². The lowest BCUT2D eigenvalue weighted by Crippen LogP contribution is -2.22. The molecule has 0 saturated carbocycles. The molecule has 0 bridgehead atoms. The predicted molar refractivity (Wildman–Crippen MR) is 77.5 cm³/mol. The van der Waals surface area contributed by atoms with Crippen molar-refractivity contribution in [2.45, 2.75) is 19.1 Å². The van der Waals surface area contributed by atoms with Crippen LogP contribution >= 0.6 is 0 Å². The van der Waals surface area contributed by atoms with Crippen molar-refractivity contribution in [3.8, 4) is 5.75 Å². The highest BCUT2D eigenvalue weighted by atomic mass is 16.5. The van der Waals surface area contributed by atoms with Crippen LogP contribution in [0, 0.1) is 0 Å². The third kappa shape index (κ3) is 3.48. The van der Waals surface area contributed by atoms with Gasteiger partial charge in [-0.1, -0.05) is 30.3 Å². The molecule has 3 heteroatoms. The molecule has 0 saturated heterocycles. The molecule has 2 rings (SSSR count). The fourth-order valence-electron chi connectivity index (χ4n) is 2.01. The fourth-order valence-corrected chi connectivity index (χ4v) is 2.01. The third-order valence-electron chi connectivity index (χ3n) is 3.05. The van der Waals surface area contributed by atoms with E-state index < -0.39 is 6.10 Å². The largest absolute Gasteiger partial charge is 0.497 e. The summed E-state index contributed by atoms with van der Waals surface area (Å²) in [6.07, 6.45) is -0.482. The molecule has 100 valence electrons. The highest BCUT2D eigenvalue weighted by Crippen LogP contribution is 2.24. The zero-order chi connectivity index (χ0) is 13.7. The number of methoxy groups -OCH3 is 1. The van der Waals surface area contributed by atoms with Crippen molar-refractivity contribution >= 4 is 5.69 Å². The molecule has 19 heavy (non-hydrogen) atoms. The molecule has 2 aromatic rings. The number of benzene rings is 2. The van der Waals surface area contributed by atoms with Crippen LogP contribution < -0.4 is 10.1 Å². The van der Waals surface area contributed by atoms with Crippen LogP contribution in [0.1, 0.15) is 18.5 Å². The molecule has 2 atom stereocenters.